The van der Waals surface area contributed by atoms with E-state index in [0.717, 1.165) is 5.56 Å². The highest BCUT2D eigenvalue weighted by Crippen LogP contribution is 2.22. The first kappa shape index (κ1) is 16.4. The van der Waals surface area contributed by atoms with Crippen molar-refractivity contribution in [2.45, 2.75) is 4.90 Å². The molecule has 0 saturated carbocycles. The van der Waals surface area contributed by atoms with Crippen LogP contribution in [0.1, 0.15) is 5.56 Å². The predicted octanol–water partition coefficient (Wildman–Crippen LogP) is 3.59. The molecule has 0 heterocycles. The zero-order chi connectivity index (χ0) is 15.8. The molecule has 4 nitrogen and oxygen atoms in total. The smallest absolute Gasteiger partial charge is 0.277 e. The minimum atomic E-state index is -0.350. The largest absolute Gasteiger partial charge is 0.482 e. The first-order valence-corrected chi connectivity index (χ1v) is 8.12. The number of nitrogens with zero attached hydrogens (tertiary/aromatic N) is 1. The van der Waals surface area contributed by atoms with Gasteiger partial charge in [0.2, 0.25) is 0 Å². The Bertz CT molecular complexity index is 659. The Morgan fingerprint density at radius 3 is 2.68 bits per heavy atom. The van der Waals surface area contributed by atoms with Crippen LogP contribution in [0.4, 0.5) is 0 Å². The molecule has 0 spiro atoms. The average Bonchev–Trinajstić information content (AvgIpc) is 2.55. The Balaban J connectivity index is 1.79. The molecule has 0 saturated heterocycles. The third kappa shape index (κ3) is 5.09. The van der Waals surface area contributed by atoms with Gasteiger partial charge in [-0.2, -0.15) is 5.10 Å². The number of amides is 1. The molecule has 0 fully saturated rings. The Morgan fingerprint density at radius 2 is 2.00 bits per heavy atom. The summed E-state index contributed by atoms with van der Waals surface area (Å²) < 4.78 is 5.31. The molecular weight excluding hydrogens is 320 g/mol. The van der Waals surface area contributed by atoms with Gasteiger partial charge in [-0.15, -0.1) is 11.8 Å². The SMILES string of the molecule is CSc1ccc(/C=N/NC(=O)COc2ccccc2Cl)cc1. The monoisotopic (exact) mass is 334 g/mol. The summed E-state index contributed by atoms with van der Waals surface area (Å²) in [5, 5.41) is 4.35. The number of thioether (sulfide) groups is 1. The molecule has 0 radical (unpaired) electrons. The van der Waals surface area contributed by atoms with Gasteiger partial charge in [0.05, 0.1) is 11.2 Å². The van der Waals surface area contributed by atoms with Gasteiger partial charge in [-0.1, -0.05) is 35.9 Å². The highest BCUT2D eigenvalue weighted by molar-refractivity contribution is 7.98. The van der Waals surface area contributed by atoms with Crippen LogP contribution < -0.4 is 10.2 Å². The molecule has 1 amide bonds. The summed E-state index contributed by atoms with van der Waals surface area (Å²) in [5.41, 5.74) is 3.31. The van der Waals surface area contributed by atoms with Crippen LogP contribution in [-0.4, -0.2) is 25.0 Å². The van der Waals surface area contributed by atoms with E-state index in [2.05, 4.69) is 10.5 Å². The number of hydrazone groups is 1. The van der Waals surface area contributed by atoms with E-state index in [0.29, 0.717) is 10.8 Å². The van der Waals surface area contributed by atoms with Crippen molar-refractivity contribution in [2.75, 3.05) is 12.9 Å². The number of hydrogen-bond acceptors (Lipinski definition) is 4. The molecular formula is C16H15ClN2O2S. The molecule has 6 heteroatoms. The number of para-hydroxylation sites is 1. The van der Waals surface area contributed by atoms with Crippen molar-refractivity contribution in [3.63, 3.8) is 0 Å². The molecule has 2 aromatic carbocycles. The van der Waals surface area contributed by atoms with Crippen LogP contribution >= 0.6 is 23.4 Å². The molecule has 0 aliphatic rings. The van der Waals surface area contributed by atoms with Gasteiger partial charge in [-0.25, -0.2) is 5.43 Å². The fourth-order valence-corrected chi connectivity index (χ4v) is 2.20. The molecule has 0 aliphatic heterocycles. The van der Waals surface area contributed by atoms with Crippen molar-refractivity contribution in [3.8, 4) is 5.75 Å². The molecule has 2 rings (SSSR count). The molecule has 0 bridgehead atoms. The topological polar surface area (TPSA) is 50.7 Å². The van der Waals surface area contributed by atoms with Crippen molar-refractivity contribution in [3.05, 3.63) is 59.1 Å². The first-order chi connectivity index (χ1) is 10.7. The molecule has 114 valence electrons. The number of benzene rings is 2. The third-order valence-electron chi connectivity index (χ3n) is 2.71. The minimum absolute atomic E-state index is 0.146. The van der Waals surface area contributed by atoms with Gasteiger partial charge in [0, 0.05) is 4.90 Å². The van der Waals surface area contributed by atoms with Gasteiger partial charge in [0.15, 0.2) is 6.61 Å². The second-order valence-corrected chi connectivity index (χ2v) is 5.57. The number of carbonyl (C=O) groups is 1. The summed E-state index contributed by atoms with van der Waals surface area (Å²) in [7, 11) is 0. The van der Waals surface area contributed by atoms with Gasteiger partial charge in [-0.05, 0) is 36.1 Å². The minimum Gasteiger partial charge on any atom is -0.482 e. The molecule has 0 aromatic heterocycles. The van der Waals surface area contributed by atoms with E-state index >= 15 is 0 Å². The van der Waals surface area contributed by atoms with E-state index in [1.165, 1.54) is 4.90 Å². The molecule has 1 N–H and O–H groups in total. The summed E-state index contributed by atoms with van der Waals surface area (Å²) >= 11 is 7.60. The highest BCUT2D eigenvalue weighted by atomic mass is 35.5. The average molecular weight is 335 g/mol. The van der Waals surface area contributed by atoms with Crippen LogP contribution in [0.3, 0.4) is 0 Å². The van der Waals surface area contributed by atoms with Gasteiger partial charge in [0.1, 0.15) is 5.75 Å². The Kier molecular flexibility index (Phi) is 6.30. The molecule has 22 heavy (non-hydrogen) atoms. The molecule has 0 unspecified atom stereocenters. The Labute approximate surface area is 138 Å². The maximum atomic E-state index is 11.6. The van der Waals surface area contributed by atoms with Gasteiger partial charge < -0.3 is 4.74 Å². The highest BCUT2D eigenvalue weighted by Gasteiger charge is 2.04. The second-order valence-electron chi connectivity index (χ2n) is 4.29. The van der Waals surface area contributed by atoms with E-state index < -0.39 is 0 Å². The number of nitrogens with one attached hydrogen (secondary N) is 1. The summed E-state index contributed by atoms with van der Waals surface area (Å²) in [5.74, 6) is 0.118. The number of ether oxygens (including phenoxy) is 1. The lowest BCUT2D eigenvalue weighted by Gasteiger charge is -2.06. The molecule has 2 aromatic rings. The summed E-state index contributed by atoms with van der Waals surface area (Å²) in [6.45, 7) is -0.146. The quantitative estimate of drug-likeness (QED) is 0.499. The fraction of sp³-hybridized carbons (Fsp3) is 0.125. The zero-order valence-electron chi connectivity index (χ0n) is 12.0. The van der Waals surface area contributed by atoms with Gasteiger partial charge >= 0.3 is 0 Å². The summed E-state index contributed by atoms with van der Waals surface area (Å²) in [6.07, 6.45) is 3.60. The lowest BCUT2D eigenvalue weighted by molar-refractivity contribution is -0.123. The van der Waals surface area contributed by atoms with E-state index in [-0.39, 0.29) is 12.5 Å². The van der Waals surface area contributed by atoms with E-state index in [4.69, 9.17) is 16.3 Å². The second kappa shape index (κ2) is 8.46. The number of hydrogen-bond donors (Lipinski definition) is 1. The summed E-state index contributed by atoms with van der Waals surface area (Å²) in [4.78, 5) is 12.8. The van der Waals surface area contributed by atoms with Crippen molar-refractivity contribution in [1.82, 2.24) is 5.43 Å². The standard InChI is InChI=1S/C16H15ClN2O2S/c1-22-13-8-6-12(7-9-13)10-18-19-16(20)11-21-15-5-3-2-4-14(15)17/h2-10H,11H2,1H3,(H,19,20)/b18-10+. The number of halogens is 1. The maximum Gasteiger partial charge on any atom is 0.277 e. The van der Waals surface area contributed by atoms with E-state index in [1.807, 2.05) is 30.5 Å². The Morgan fingerprint density at radius 1 is 1.27 bits per heavy atom. The fourth-order valence-electron chi connectivity index (χ4n) is 1.61. The maximum absolute atomic E-state index is 11.6. The van der Waals surface area contributed by atoms with Crippen LogP contribution in [0.5, 0.6) is 5.75 Å². The van der Waals surface area contributed by atoms with Crippen molar-refractivity contribution >= 4 is 35.5 Å². The van der Waals surface area contributed by atoms with Crippen molar-refractivity contribution < 1.29 is 9.53 Å². The molecule has 0 atom stereocenters. The molecule has 0 aliphatic carbocycles. The van der Waals surface area contributed by atoms with Crippen LogP contribution in [0, 0.1) is 0 Å². The normalized spacial score (nSPS) is 10.6. The van der Waals surface area contributed by atoms with Gasteiger partial charge in [-0.3, -0.25) is 4.79 Å². The van der Waals surface area contributed by atoms with E-state index in [9.17, 15) is 4.79 Å². The van der Waals surface area contributed by atoms with Crippen LogP contribution in [-0.2, 0) is 4.79 Å². The number of carbonyl (C=O) groups excluding carboxylic acids is 1. The zero-order valence-corrected chi connectivity index (χ0v) is 13.5. The Hall–Kier alpha value is -1.98. The number of rotatable bonds is 6. The van der Waals surface area contributed by atoms with Gasteiger partial charge in [0.25, 0.3) is 5.91 Å². The summed E-state index contributed by atoms with van der Waals surface area (Å²) in [6, 6.07) is 14.8. The lowest BCUT2D eigenvalue weighted by atomic mass is 10.2. The third-order valence-corrected chi connectivity index (χ3v) is 3.77. The van der Waals surface area contributed by atoms with Crippen molar-refractivity contribution in [2.24, 2.45) is 5.10 Å². The van der Waals surface area contributed by atoms with Crippen LogP contribution in [0.2, 0.25) is 5.02 Å². The van der Waals surface area contributed by atoms with Crippen LogP contribution in [0.25, 0.3) is 0 Å². The predicted molar refractivity (Wildman–Crippen MR) is 90.9 cm³/mol. The lowest BCUT2D eigenvalue weighted by Crippen LogP contribution is -2.24. The first-order valence-electron chi connectivity index (χ1n) is 6.52. The van der Waals surface area contributed by atoms with E-state index in [1.54, 1.807) is 42.2 Å². The van der Waals surface area contributed by atoms with Crippen LogP contribution in [0.15, 0.2) is 58.5 Å². The van der Waals surface area contributed by atoms with Crippen molar-refractivity contribution in [1.29, 1.82) is 0 Å².